The predicted molar refractivity (Wildman–Crippen MR) is 108 cm³/mol. The summed E-state index contributed by atoms with van der Waals surface area (Å²) in [7, 11) is -4.11. The standard InChI is InChI=1S/C19H17F2N3O4S2/c20-13-5-3-11(9-14(13)21)23-30(27,28)12-4-6-16-15(10-12)22-18(25)17(29-16)19(26)24-7-1-2-8-24/h3-6,9-10,17,23H,1-2,7-8H2,(H,22,25). The fourth-order valence-electron chi connectivity index (χ4n) is 3.30. The van der Waals surface area contributed by atoms with Crippen molar-refractivity contribution in [1.29, 1.82) is 0 Å². The molecule has 1 saturated heterocycles. The van der Waals surface area contributed by atoms with Gasteiger partial charge in [0.05, 0.1) is 16.3 Å². The number of nitrogens with zero attached hydrogens (tertiary/aromatic N) is 1. The average molecular weight is 453 g/mol. The van der Waals surface area contributed by atoms with Gasteiger partial charge in [0.25, 0.3) is 10.0 Å². The number of rotatable bonds is 4. The van der Waals surface area contributed by atoms with Gasteiger partial charge < -0.3 is 10.2 Å². The van der Waals surface area contributed by atoms with Gasteiger partial charge >= 0.3 is 0 Å². The number of benzene rings is 2. The first kappa shape index (κ1) is 20.6. The summed E-state index contributed by atoms with van der Waals surface area (Å²) in [6, 6.07) is 6.73. The minimum absolute atomic E-state index is 0.138. The van der Waals surface area contributed by atoms with Crippen LogP contribution in [0.3, 0.4) is 0 Å². The molecule has 0 aliphatic carbocycles. The van der Waals surface area contributed by atoms with Crippen molar-refractivity contribution in [3.63, 3.8) is 0 Å². The van der Waals surface area contributed by atoms with E-state index in [-0.39, 0.29) is 22.2 Å². The Morgan fingerprint density at radius 2 is 1.83 bits per heavy atom. The van der Waals surface area contributed by atoms with Crippen molar-refractivity contribution >= 4 is 45.0 Å². The lowest BCUT2D eigenvalue weighted by atomic mass is 10.2. The van der Waals surface area contributed by atoms with E-state index in [4.69, 9.17) is 0 Å². The molecule has 158 valence electrons. The van der Waals surface area contributed by atoms with Crippen molar-refractivity contribution in [3.05, 3.63) is 48.0 Å². The second-order valence-electron chi connectivity index (χ2n) is 6.91. The van der Waals surface area contributed by atoms with E-state index in [9.17, 15) is 26.8 Å². The molecule has 11 heteroatoms. The van der Waals surface area contributed by atoms with Gasteiger partial charge in [-0.25, -0.2) is 17.2 Å². The number of hydrogen-bond acceptors (Lipinski definition) is 5. The summed E-state index contributed by atoms with van der Waals surface area (Å²) < 4.78 is 53.8. The van der Waals surface area contributed by atoms with E-state index in [2.05, 4.69) is 10.0 Å². The van der Waals surface area contributed by atoms with Gasteiger partial charge in [0.1, 0.15) is 0 Å². The molecule has 2 heterocycles. The highest BCUT2D eigenvalue weighted by Crippen LogP contribution is 2.38. The van der Waals surface area contributed by atoms with Crippen LogP contribution in [0, 0.1) is 11.6 Å². The van der Waals surface area contributed by atoms with Gasteiger partial charge in [-0.15, -0.1) is 11.8 Å². The summed E-state index contributed by atoms with van der Waals surface area (Å²) in [4.78, 5) is 27.1. The SMILES string of the molecule is O=C1Nc2cc(S(=O)(=O)Nc3ccc(F)c(F)c3)ccc2SC1C(=O)N1CCCC1. The number of likely N-dealkylation sites (tertiary alicyclic amines) is 1. The Morgan fingerprint density at radius 3 is 2.53 bits per heavy atom. The molecule has 7 nitrogen and oxygen atoms in total. The van der Waals surface area contributed by atoms with E-state index < -0.39 is 32.8 Å². The quantitative estimate of drug-likeness (QED) is 0.695. The van der Waals surface area contributed by atoms with Crippen LogP contribution >= 0.6 is 11.8 Å². The number of sulfonamides is 1. The predicted octanol–water partition coefficient (Wildman–Crippen LogP) is 2.80. The van der Waals surface area contributed by atoms with Gasteiger partial charge in [0.15, 0.2) is 16.9 Å². The largest absolute Gasteiger partial charge is 0.341 e. The van der Waals surface area contributed by atoms with Crippen LogP contribution in [0.25, 0.3) is 0 Å². The Hall–Kier alpha value is -2.66. The number of nitrogens with one attached hydrogen (secondary N) is 2. The highest BCUT2D eigenvalue weighted by atomic mass is 32.2. The summed E-state index contributed by atoms with van der Waals surface area (Å²) >= 11 is 1.08. The van der Waals surface area contributed by atoms with E-state index in [1.54, 1.807) is 4.90 Å². The molecular weight excluding hydrogens is 436 g/mol. The summed E-state index contributed by atoms with van der Waals surface area (Å²) in [5, 5.41) is 1.68. The van der Waals surface area contributed by atoms with Crippen LogP contribution in [0.5, 0.6) is 0 Å². The number of anilines is 2. The molecule has 2 N–H and O–H groups in total. The van der Waals surface area contributed by atoms with Crippen molar-refractivity contribution < 1.29 is 26.8 Å². The van der Waals surface area contributed by atoms with Crippen LogP contribution in [-0.4, -0.2) is 43.5 Å². The van der Waals surface area contributed by atoms with Gasteiger partial charge in [-0.05, 0) is 43.2 Å². The molecule has 4 rings (SSSR count). The van der Waals surface area contributed by atoms with Gasteiger partial charge in [0.2, 0.25) is 11.8 Å². The van der Waals surface area contributed by atoms with Crippen molar-refractivity contribution in [2.24, 2.45) is 0 Å². The first-order chi connectivity index (χ1) is 14.2. The maximum atomic E-state index is 13.3. The zero-order chi connectivity index (χ0) is 21.5. The zero-order valence-electron chi connectivity index (χ0n) is 15.5. The van der Waals surface area contributed by atoms with Crippen LogP contribution in [0.2, 0.25) is 0 Å². The lowest BCUT2D eigenvalue weighted by Crippen LogP contribution is -2.43. The van der Waals surface area contributed by atoms with E-state index >= 15 is 0 Å². The first-order valence-corrected chi connectivity index (χ1v) is 11.5. The van der Waals surface area contributed by atoms with Crippen molar-refractivity contribution in [3.8, 4) is 0 Å². The second kappa shape index (κ2) is 7.88. The molecule has 1 fully saturated rings. The maximum absolute atomic E-state index is 13.3. The van der Waals surface area contributed by atoms with E-state index in [0.29, 0.717) is 18.0 Å². The molecule has 0 radical (unpaired) electrons. The summed E-state index contributed by atoms with van der Waals surface area (Å²) in [5.41, 5.74) is 0.130. The molecule has 2 amide bonds. The Kier molecular flexibility index (Phi) is 5.41. The third-order valence-corrected chi connectivity index (χ3v) is 7.46. The summed E-state index contributed by atoms with van der Waals surface area (Å²) in [6.07, 6.45) is 1.82. The molecule has 0 bridgehead atoms. The number of thioether (sulfide) groups is 1. The monoisotopic (exact) mass is 453 g/mol. The highest BCUT2D eigenvalue weighted by molar-refractivity contribution is 8.01. The highest BCUT2D eigenvalue weighted by Gasteiger charge is 2.37. The number of carbonyl (C=O) groups is 2. The number of amides is 2. The van der Waals surface area contributed by atoms with Crippen LogP contribution in [0.15, 0.2) is 46.2 Å². The molecule has 0 saturated carbocycles. The van der Waals surface area contributed by atoms with Crippen LogP contribution in [-0.2, 0) is 19.6 Å². The Balaban J connectivity index is 1.55. The van der Waals surface area contributed by atoms with Crippen molar-refractivity contribution in [1.82, 2.24) is 4.90 Å². The molecule has 2 aliphatic rings. The van der Waals surface area contributed by atoms with E-state index in [0.717, 1.165) is 42.8 Å². The average Bonchev–Trinajstić information content (AvgIpc) is 3.24. The molecular formula is C19H17F2N3O4S2. The van der Waals surface area contributed by atoms with Gasteiger partial charge in [-0.1, -0.05) is 0 Å². The van der Waals surface area contributed by atoms with E-state index in [1.165, 1.54) is 18.2 Å². The summed E-state index contributed by atoms with van der Waals surface area (Å²) in [6.45, 7) is 1.26. The fourth-order valence-corrected chi connectivity index (χ4v) is 5.42. The normalized spacial score (nSPS) is 18.7. The smallest absolute Gasteiger partial charge is 0.261 e. The van der Waals surface area contributed by atoms with Gasteiger partial charge in [-0.2, -0.15) is 0 Å². The van der Waals surface area contributed by atoms with Crippen molar-refractivity contribution in [2.45, 2.75) is 27.9 Å². The van der Waals surface area contributed by atoms with Crippen LogP contribution < -0.4 is 10.0 Å². The molecule has 2 aliphatic heterocycles. The first-order valence-electron chi connectivity index (χ1n) is 9.13. The molecule has 2 aromatic carbocycles. The number of carbonyl (C=O) groups excluding carboxylic acids is 2. The van der Waals surface area contributed by atoms with Gasteiger partial charge in [-0.3, -0.25) is 14.3 Å². The van der Waals surface area contributed by atoms with E-state index in [1.807, 2.05) is 0 Å². The molecule has 2 aromatic rings. The third kappa shape index (κ3) is 3.99. The molecule has 1 atom stereocenters. The number of fused-ring (bicyclic) bond motifs is 1. The maximum Gasteiger partial charge on any atom is 0.261 e. The third-order valence-electron chi connectivity index (χ3n) is 4.82. The minimum atomic E-state index is -4.11. The van der Waals surface area contributed by atoms with Gasteiger partial charge in [0, 0.05) is 24.1 Å². The van der Waals surface area contributed by atoms with Crippen molar-refractivity contribution in [2.75, 3.05) is 23.1 Å². The lowest BCUT2D eigenvalue weighted by molar-refractivity contribution is -0.133. The lowest BCUT2D eigenvalue weighted by Gasteiger charge is -2.27. The molecule has 30 heavy (non-hydrogen) atoms. The van der Waals surface area contributed by atoms with Crippen LogP contribution in [0.1, 0.15) is 12.8 Å². The Labute approximate surface area is 175 Å². The summed E-state index contributed by atoms with van der Waals surface area (Å²) in [5.74, 6) is -3.03. The topological polar surface area (TPSA) is 95.6 Å². The number of halogens is 2. The molecule has 1 unspecified atom stereocenters. The second-order valence-corrected chi connectivity index (χ2v) is 9.74. The van der Waals surface area contributed by atoms with Crippen LogP contribution in [0.4, 0.5) is 20.2 Å². The Bertz CT molecular complexity index is 1130. The zero-order valence-corrected chi connectivity index (χ0v) is 17.2. The number of hydrogen-bond donors (Lipinski definition) is 2. The fraction of sp³-hybridized carbons (Fsp3) is 0.263. The molecule has 0 spiro atoms. The minimum Gasteiger partial charge on any atom is -0.341 e. The molecule has 0 aromatic heterocycles. The Morgan fingerprint density at radius 1 is 1.10 bits per heavy atom.